The number of halogens is 2. The number of hydrogen-bond acceptors (Lipinski definition) is 4. The van der Waals surface area contributed by atoms with Crippen molar-refractivity contribution in [3.63, 3.8) is 0 Å². The second-order valence-electron chi connectivity index (χ2n) is 5.35. The molecule has 1 amide bonds. The van der Waals surface area contributed by atoms with Crippen LogP contribution in [-0.2, 0) is 14.8 Å². The summed E-state index contributed by atoms with van der Waals surface area (Å²) < 4.78 is 27.5. The van der Waals surface area contributed by atoms with E-state index in [0.29, 0.717) is 32.7 Å². The van der Waals surface area contributed by atoms with Gasteiger partial charge in [-0.2, -0.15) is 4.31 Å². The maximum Gasteiger partial charge on any atom is 0.244 e. The van der Waals surface area contributed by atoms with Crippen molar-refractivity contribution in [2.24, 2.45) is 0 Å². The van der Waals surface area contributed by atoms with Gasteiger partial charge in [0.05, 0.1) is 11.6 Å². The van der Waals surface area contributed by atoms with Crippen molar-refractivity contribution >= 4 is 43.5 Å². The van der Waals surface area contributed by atoms with Gasteiger partial charge in [0.25, 0.3) is 0 Å². The lowest BCUT2D eigenvalue weighted by Crippen LogP contribution is -2.51. The largest absolute Gasteiger partial charge is 0.352 e. The van der Waals surface area contributed by atoms with Crippen molar-refractivity contribution in [1.29, 1.82) is 0 Å². The van der Waals surface area contributed by atoms with Crippen LogP contribution in [0.5, 0.6) is 0 Å². The molecule has 0 aliphatic carbocycles. The first-order chi connectivity index (χ1) is 11.3. The Labute approximate surface area is 155 Å². The van der Waals surface area contributed by atoms with E-state index in [0.717, 1.165) is 4.47 Å². The van der Waals surface area contributed by atoms with Crippen LogP contribution in [0.1, 0.15) is 0 Å². The van der Waals surface area contributed by atoms with Crippen molar-refractivity contribution in [3.8, 4) is 0 Å². The zero-order valence-electron chi connectivity index (χ0n) is 13.0. The molecule has 24 heavy (non-hydrogen) atoms. The van der Waals surface area contributed by atoms with Crippen molar-refractivity contribution in [2.75, 3.05) is 39.3 Å². The number of sulfonamides is 1. The summed E-state index contributed by atoms with van der Waals surface area (Å²) in [6.45, 7) is 5.85. The Bertz CT molecular complexity index is 719. The van der Waals surface area contributed by atoms with E-state index in [1.807, 2.05) is 4.90 Å². The molecule has 0 aromatic heterocycles. The van der Waals surface area contributed by atoms with Crippen LogP contribution < -0.4 is 5.32 Å². The molecule has 1 aromatic rings. The van der Waals surface area contributed by atoms with Gasteiger partial charge in [0, 0.05) is 37.2 Å². The first-order valence-corrected chi connectivity index (χ1v) is 10.0. The third kappa shape index (κ3) is 4.80. The van der Waals surface area contributed by atoms with Gasteiger partial charge in [-0.15, -0.1) is 6.58 Å². The molecule has 0 unspecified atom stereocenters. The first-order valence-electron chi connectivity index (χ1n) is 7.39. The number of benzene rings is 1. The molecular formula is C15H19BrClN3O3S. The molecule has 1 aliphatic rings. The van der Waals surface area contributed by atoms with E-state index in [1.54, 1.807) is 18.2 Å². The van der Waals surface area contributed by atoms with Crippen molar-refractivity contribution < 1.29 is 13.2 Å². The highest BCUT2D eigenvalue weighted by Crippen LogP contribution is 2.28. The lowest BCUT2D eigenvalue weighted by molar-refractivity contribution is -0.122. The smallest absolute Gasteiger partial charge is 0.244 e. The molecule has 1 aliphatic heterocycles. The Balaban J connectivity index is 1.98. The summed E-state index contributed by atoms with van der Waals surface area (Å²) in [6.07, 6.45) is 1.62. The average Bonchev–Trinajstić information content (AvgIpc) is 2.53. The summed E-state index contributed by atoms with van der Waals surface area (Å²) in [5.41, 5.74) is 0. The minimum Gasteiger partial charge on any atom is -0.352 e. The fourth-order valence-corrected chi connectivity index (χ4v) is 4.83. The summed E-state index contributed by atoms with van der Waals surface area (Å²) in [7, 11) is -3.64. The second-order valence-corrected chi connectivity index (χ2v) is 8.58. The highest BCUT2D eigenvalue weighted by atomic mass is 79.9. The number of rotatable bonds is 6. The van der Waals surface area contributed by atoms with Crippen LogP contribution in [0.2, 0.25) is 5.02 Å². The van der Waals surface area contributed by atoms with E-state index in [2.05, 4.69) is 27.8 Å². The van der Waals surface area contributed by atoms with E-state index < -0.39 is 10.0 Å². The van der Waals surface area contributed by atoms with Gasteiger partial charge in [0.1, 0.15) is 4.90 Å². The Hall–Kier alpha value is -0.930. The molecule has 9 heteroatoms. The maximum atomic E-state index is 12.7. The van der Waals surface area contributed by atoms with Gasteiger partial charge in [-0.25, -0.2) is 8.42 Å². The number of hydrogen-bond donors (Lipinski definition) is 1. The molecule has 1 N–H and O–H groups in total. The SMILES string of the molecule is C=CCNC(=O)CN1CCN(S(=O)(=O)c2ccc(Br)cc2Cl)CC1. The molecule has 0 spiro atoms. The van der Waals surface area contributed by atoms with E-state index in [1.165, 1.54) is 10.4 Å². The molecule has 0 radical (unpaired) electrons. The minimum absolute atomic E-state index is 0.0952. The van der Waals surface area contributed by atoms with Gasteiger partial charge < -0.3 is 5.32 Å². The molecule has 0 bridgehead atoms. The molecule has 2 rings (SSSR count). The Morgan fingerprint density at radius 2 is 2.00 bits per heavy atom. The van der Waals surface area contributed by atoms with Gasteiger partial charge in [0.2, 0.25) is 15.9 Å². The highest BCUT2D eigenvalue weighted by molar-refractivity contribution is 9.10. The molecule has 1 fully saturated rings. The van der Waals surface area contributed by atoms with Crippen molar-refractivity contribution in [2.45, 2.75) is 4.90 Å². The highest BCUT2D eigenvalue weighted by Gasteiger charge is 2.30. The van der Waals surface area contributed by atoms with Gasteiger partial charge in [-0.05, 0) is 18.2 Å². The fourth-order valence-electron chi connectivity index (χ4n) is 2.40. The van der Waals surface area contributed by atoms with E-state index >= 15 is 0 Å². The van der Waals surface area contributed by atoms with Gasteiger partial charge in [0.15, 0.2) is 0 Å². The Kier molecular flexibility index (Phi) is 6.82. The Morgan fingerprint density at radius 3 is 2.58 bits per heavy atom. The number of carbonyl (C=O) groups excluding carboxylic acids is 1. The van der Waals surface area contributed by atoms with Gasteiger partial charge in [-0.1, -0.05) is 33.6 Å². The quantitative estimate of drug-likeness (QED) is 0.689. The molecule has 1 aromatic carbocycles. The standard InChI is InChI=1S/C15H19BrClN3O3S/c1-2-5-18-15(21)11-19-6-8-20(9-7-19)24(22,23)14-4-3-12(16)10-13(14)17/h2-4,10H,1,5-9,11H2,(H,18,21). The summed E-state index contributed by atoms with van der Waals surface area (Å²) in [6, 6.07) is 4.71. The lowest BCUT2D eigenvalue weighted by Gasteiger charge is -2.33. The molecule has 132 valence electrons. The normalized spacial score (nSPS) is 16.8. The van der Waals surface area contributed by atoms with Crippen molar-refractivity contribution in [3.05, 3.63) is 40.3 Å². The van der Waals surface area contributed by atoms with Crippen LogP contribution in [-0.4, -0.2) is 62.8 Å². The number of nitrogens with one attached hydrogen (secondary N) is 1. The lowest BCUT2D eigenvalue weighted by atomic mass is 10.3. The predicted molar refractivity (Wildman–Crippen MR) is 97.6 cm³/mol. The molecule has 0 saturated carbocycles. The molecule has 1 saturated heterocycles. The predicted octanol–water partition coefficient (Wildman–Crippen LogP) is 1.71. The van der Waals surface area contributed by atoms with E-state index in [9.17, 15) is 13.2 Å². The number of nitrogens with zero attached hydrogens (tertiary/aromatic N) is 2. The minimum atomic E-state index is -3.64. The van der Waals surface area contributed by atoms with Crippen LogP contribution in [0.3, 0.4) is 0 Å². The van der Waals surface area contributed by atoms with Gasteiger partial charge >= 0.3 is 0 Å². The third-order valence-electron chi connectivity index (χ3n) is 3.65. The van der Waals surface area contributed by atoms with E-state index in [-0.39, 0.29) is 22.4 Å². The van der Waals surface area contributed by atoms with Gasteiger partial charge in [-0.3, -0.25) is 9.69 Å². The van der Waals surface area contributed by atoms with Crippen LogP contribution in [0.4, 0.5) is 0 Å². The van der Waals surface area contributed by atoms with E-state index in [4.69, 9.17) is 11.6 Å². The first kappa shape index (κ1) is 19.4. The fraction of sp³-hybridized carbons (Fsp3) is 0.400. The second kappa shape index (κ2) is 8.44. The summed E-state index contributed by atoms with van der Waals surface area (Å²) >= 11 is 9.34. The Morgan fingerprint density at radius 1 is 1.33 bits per heavy atom. The number of amides is 1. The molecular weight excluding hydrogens is 418 g/mol. The molecule has 1 heterocycles. The number of piperazine rings is 1. The third-order valence-corrected chi connectivity index (χ3v) is 6.53. The molecule has 6 nitrogen and oxygen atoms in total. The zero-order chi connectivity index (χ0) is 17.7. The van der Waals surface area contributed by atoms with Crippen LogP contribution in [0.25, 0.3) is 0 Å². The zero-order valence-corrected chi connectivity index (χ0v) is 16.2. The summed E-state index contributed by atoms with van der Waals surface area (Å²) in [5.74, 6) is -0.0952. The van der Waals surface area contributed by atoms with Crippen LogP contribution in [0, 0.1) is 0 Å². The monoisotopic (exact) mass is 435 g/mol. The van der Waals surface area contributed by atoms with Crippen LogP contribution in [0.15, 0.2) is 40.2 Å². The average molecular weight is 437 g/mol. The van der Waals surface area contributed by atoms with Crippen LogP contribution >= 0.6 is 27.5 Å². The maximum absolute atomic E-state index is 12.7. The van der Waals surface area contributed by atoms with Crippen molar-refractivity contribution in [1.82, 2.24) is 14.5 Å². The summed E-state index contributed by atoms with van der Waals surface area (Å²) in [4.78, 5) is 13.7. The topological polar surface area (TPSA) is 69.7 Å². The molecule has 0 atom stereocenters. The summed E-state index contributed by atoms with van der Waals surface area (Å²) in [5, 5.41) is 2.90. The number of carbonyl (C=O) groups is 1.